The van der Waals surface area contributed by atoms with Crippen molar-refractivity contribution in [1.29, 1.82) is 0 Å². The van der Waals surface area contributed by atoms with E-state index in [-0.39, 0.29) is 42.5 Å². The quantitative estimate of drug-likeness (QED) is 0.436. The molecule has 1 unspecified atom stereocenters. The number of carbonyl (C=O) groups excluding carboxylic acids is 3. The summed E-state index contributed by atoms with van der Waals surface area (Å²) in [5, 5.41) is -0.472. The summed E-state index contributed by atoms with van der Waals surface area (Å²) in [5.41, 5.74) is -3.22. The van der Waals surface area contributed by atoms with Crippen LogP contribution < -0.4 is 0 Å². The van der Waals surface area contributed by atoms with Crippen molar-refractivity contribution in [2.75, 3.05) is 6.01 Å². The normalized spacial score (nSPS) is 49.3. The minimum atomic E-state index is -1.49. The van der Waals surface area contributed by atoms with E-state index < -0.39 is 45.3 Å². The molecule has 1 spiro atoms. The SMILES string of the molecule is CCC(=O)O[C@]1(C(=O)SCF)[C@H](C)C[C@H]2C3C[C@H](F)C4=CC(=O)C=C[C@]4(C)[C@@]34O[C@@H]4C[C@@]21C. The van der Waals surface area contributed by atoms with Gasteiger partial charge in [0.2, 0.25) is 5.12 Å². The van der Waals surface area contributed by atoms with E-state index in [1.807, 2.05) is 20.8 Å². The van der Waals surface area contributed by atoms with Gasteiger partial charge in [0.15, 0.2) is 11.4 Å². The Balaban J connectivity index is 1.62. The highest BCUT2D eigenvalue weighted by Crippen LogP contribution is 2.77. The van der Waals surface area contributed by atoms with E-state index in [9.17, 15) is 18.8 Å². The lowest BCUT2D eigenvalue weighted by Gasteiger charge is -2.56. The molecule has 5 aliphatic rings. The first kappa shape index (κ1) is 23.2. The molecule has 1 heterocycles. The molecule has 1 saturated heterocycles. The lowest BCUT2D eigenvalue weighted by atomic mass is 9.46. The van der Waals surface area contributed by atoms with E-state index in [2.05, 4.69) is 0 Å². The van der Waals surface area contributed by atoms with Crippen molar-refractivity contribution in [3.63, 3.8) is 0 Å². The zero-order chi connectivity index (χ0) is 24.0. The van der Waals surface area contributed by atoms with Crippen LogP contribution in [0.4, 0.5) is 8.78 Å². The van der Waals surface area contributed by atoms with E-state index >= 15 is 4.39 Å². The monoisotopic (exact) mass is 480 g/mol. The number of carbonyl (C=O) groups is 3. The summed E-state index contributed by atoms with van der Waals surface area (Å²) >= 11 is 0.543. The van der Waals surface area contributed by atoms with Crippen molar-refractivity contribution in [2.24, 2.45) is 28.6 Å². The van der Waals surface area contributed by atoms with Crippen LogP contribution in [0.25, 0.3) is 0 Å². The predicted molar refractivity (Wildman–Crippen MR) is 119 cm³/mol. The third-order valence-electron chi connectivity index (χ3n) is 9.51. The van der Waals surface area contributed by atoms with Gasteiger partial charge in [-0.3, -0.25) is 14.4 Å². The molecule has 4 aliphatic carbocycles. The van der Waals surface area contributed by atoms with Crippen molar-refractivity contribution >= 4 is 28.6 Å². The number of rotatable bonds is 4. The minimum Gasteiger partial charge on any atom is -0.449 e. The van der Waals surface area contributed by atoms with Crippen molar-refractivity contribution in [2.45, 2.75) is 76.9 Å². The van der Waals surface area contributed by atoms with Gasteiger partial charge in [0.05, 0.1) is 6.10 Å². The molecule has 180 valence electrons. The van der Waals surface area contributed by atoms with E-state index in [4.69, 9.17) is 9.47 Å². The van der Waals surface area contributed by atoms with E-state index in [0.717, 1.165) is 0 Å². The molecule has 0 radical (unpaired) electrons. The molecular formula is C25H30F2O5S. The molecule has 8 heteroatoms. The Morgan fingerprint density at radius 1 is 1.27 bits per heavy atom. The number of hydrogen-bond donors (Lipinski definition) is 0. The predicted octanol–water partition coefficient (Wildman–Crippen LogP) is 4.50. The number of allylic oxidation sites excluding steroid dienone is 2. The van der Waals surface area contributed by atoms with Gasteiger partial charge in [-0.2, -0.15) is 0 Å². The first-order valence-corrected chi connectivity index (χ1v) is 12.7. The van der Waals surface area contributed by atoms with E-state index in [1.54, 1.807) is 13.0 Å². The van der Waals surface area contributed by atoms with Gasteiger partial charge >= 0.3 is 5.97 Å². The van der Waals surface area contributed by atoms with Crippen LogP contribution in [-0.2, 0) is 23.9 Å². The van der Waals surface area contributed by atoms with Gasteiger partial charge in [0.1, 0.15) is 17.8 Å². The Kier molecular flexibility index (Phi) is 5.09. The van der Waals surface area contributed by atoms with Crippen LogP contribution in [-0.4, -0.2) is 46.4 Å². The standard InChI is InChI=1S/C25H30F2O5S/c1-5-20(29)32-24(21(30)33-12-26)13(2)8-15-16-10-18(27)17-9-14(28)6-7-22(17,3)25(16)19(31-25)11-23(15,24)4/h6-7,9,13,15-16,18-19H,5,8,10-12H2,1-4H3/t13-,15+,16?,18+,19-,22+,23+,24+,25-/m1/s1. The van der Waals surface area contributed by atoms with Crippen LogP contribution in [0.1, 0.15) is 53.4 Å². The maximum atomic E-state index is 15.6. The number of halogens is 2. The zero-order valence-electron chi connectivity index (χ0n) is 19.4. The molecule has 5 nitrogen and oxygen atoms in total. The van der Waals surface area contributed by atoms with E-state index in [1.165, 1.54) is 12.2 Å². The second kappa shape index (κ2) is 7.23. The molecule has 0 amide bonds. The molecule has 0 aromatic rings. The third kappa shape index (κ3) is 2.65. The topological polar surface area (TPSA) is 73.0 Å². The third-order valence-corrected chi connectivity index (χ3v) is 10.2. The van der Waals surface area contributed by atoms with Crippen LogP contribution in [0.5, 0.6) is 0 Å². The summed E-state index contributed by atoms with van der Waals surface area (Å²) in [6.45, 7) is 7.42. The Morgan fingerprint density at radius 3 is 2.67 bits per heavy atom. The van der Waals surface area contributed by atoms with Crippen molar-refractivity contribution in [3.8, 4) is 0 Å². The summed E-state index contributed by atoms with van der Waals surface area (Å²) < 4.78 is 41.3. The summed E-state index contributed by atoms with van der Waals surface area (Å²) in [7, 11) is 0. The lowest BCUT2D eigenvalue weighted by Crippen LogP contribution is -2.63. The highest BCUT2D eigenvalue weighted by molar-refractivity contribution is 8.13. The second-order valence-corrected chi connectivity index (χ2v) is 11.6. The van der Waals surface area contributed by atoms with Crippen LogP contribution in [0, 0.1) is 28.6 Å². The van der Waals surface area contributed by atoms with Gasteiger partial charge in [-0.15, -0.1) is 0 Å². The second-order valence-electron chi connectivity index (χ2n) is 10.7. The zero-order valence-corrected chi connectivity index (χ0v) is 20.2. The smallest absolute Gasteiger partial charge is 0.306 e. The van der Waals surface area contributed by atoms with Crippen molar-refractivity contribution in [1.82, 2.24) is 0 Å². The molecule has 5 rings (SSSR count). The Labute approximate surface area is 196 Å². The summed E-state index contributed by atoms with van der Waals surface area (Å²) in [4.78, 5) is 38.0. The van der Waals surface area contributed by atoms with Gasteiger partial charge in [-0.05, 0) is 67.5 Å². The van der Waals surface area contributed by atoms with Gasteiger partial charge in [-0.1, -0.05) is 26.8 Å². The molecule has 0 N–H and O–H groups in total. The van der Waals surface area contributed by atoms with Crippen LogP contribution in [0.2, 0.25) is 0 Å². The number of ether oxygens (including phenoxy) is 2. The number of hydrogen-bond acceptors (Lipinski definition) is 6. The number of fused-ring (bicyclic) bond motifs is 3. The molecule has 9 atom stereocenters. The summed E-state index contributed by atoms with van der Waals surface area (Å²) in [6.07, 6.45) is 4.43. The van der Waals surface area contributed by atoms with Gasteiger partial charge in [-0.25, -0.2) is 8.78 Å². The number of alkyl halides is 2. The Morgan fingerprint density at radius 2 is 2.00 bits per heavy atom. The average Bonchev–Trinajstić information content (AvgIpc) is 3.44. The summed E-state index contributed by atoms with van der Waals surface area (Å²) in [5.74, 6) is -1.42. The van der Waals surface area contributed by atoms with Gasteiger partial charge < -0.3 is 9.47 Å². The summed E-state index contributed by atoms with van der Waals surface area (Å²) in [6, 6.07) is -0.900. The molecule has 33 heavy (non-hydrogen) atoms. The molecule has 0 bridgehead atoms. The average molecular weight is 481 g/mol. The lowest BCUT2D eigenvalue weighted by molar-refractivity contribution is -0.187. The Hall–Kier alpha value is -1.54. The molecule has 0 aromatic heterocycles. The largest absolute Gasteiger partial charge is 0.449 e. The highest BCUT2D eigenvalue weighted by atomic mass is 32.2. The first-order valence-electron chi connectivity index (χ1n) is 11.7. The van der Waals surface area contributed by atoms with Crippen LogP contribution in [0.15, 0.2) is 23.8 Å². The number of esters is 1. The van der Waals surface area contributed by atoms with Gasteiger partial charge in [0.25, 0.3) is 0 Å². The Bertz CT molecular complexity index is 995. The number of thioether (sulfide) groups is 1. The molecule has 4 fully saturated rings. The first-order chi connectivity index (χ1) is 15.5. The van der Waals surface area contributed by atoms with Crippen LogP contribution in [0.3, 0.4) is 0 Å². The van der Waals surface area contributed by atoms with Crippen LogP contribution >= 0.6 is 11.8 Å². The van der Waals surface area contributed by atoms with E-state index in [0.29, 0.717) is 30.2 Å². The maximum Gasteiger partial charge on any atom is 0.306 e. The molecule has 1 aliphatic heterocycles. The van der Waals surface area contributed by atoms with Crippen molar-refractivity contribution < 1.29 is 32.6 Å². The molecule has 0 aromatic carbocycles. The fraction of sp³-hybridized carbons (Fsp3) is 0.720. The van der Waals surface area contributed by atoms with Gasteiger partial charge in [0, 0.05) is 23.2 Å². The molecule has 3 saturated carbocycles. The number of ketones is 1. The number of epoxide rings is 1. The molecular weight excluding hydrogens is 450 g/mol. The van der Waals surface area contributed by atoms with Crippen molar-refractivity contribution in [3.05, 3.63) is 23.8 Å². The highest BCUT2D eigenvalue weighted by Gasteiger charge is 2.83. The fourth-order valence-corrected chi connectivity index (χ4v) is 8.85. The minimum absolute atomic E-state index is 0.105. The maximum absolute atomic E-state index is 15.6. The fourth-order valence-electron chi connectivity index (χ4n) is 8.06.